The Morgan fingerprint density at radius 2 is 2.00 bits per heavy atom. The van der Waals surface area contributed by atoms with Crippen molar-refractivity contribution in [1.29, 1.82) is 0 Å². The normalized spacial score (nSPS) is 17.1. The molecule has 0 radical (unpaired) electrons. The summed E-state index contributed by atoms with van der Waals surface area (Å²) in [6.07, 6.45) is 4.62. The Kier molecular flexibility index (Phi) is 8.01. The lowest BCUT2D eigenvalue weighted by atomic mass is 9.97. The van der Waals surface area contributed by atoms with E-state index in [4.69, 9.17) is 0 Å². The molecule has 18 heavy (non-hydrogen) atoms. The number of piperidine rings is 1. The number of nitrogens with one attached hydrogen (secondary N) is 2. The van der Waals surface area contributed by atoms with Gasteiger partial charge in [0.2, 0.25) is 5.91 Å². The molecular weight excluding hydrogens is 226 g/mol. The van der Waals surface area contributed by atoms with Crippen molar-refractivity contribution in [2.75, 3.05) is 39.3 Å². The Bertz CT molecular complexity index is 227. The molecule has 1 amide bonds. The van der Waals surface area contributed by atoms with Crippen LogP contribution in [0.25, 0.3) is 0 Å². The number of amides is 1. The van der Waals surface area contributed by atoms with Gasteiger partial charge in [0.25, 0.3) is 0 Å². The van der Waals surface area contributed by atoms with E-state index < -0.39 is 0 Å². The van der Waals surface area contributed by atoms with Crippen molar-refractivity contribution in [1.82, 2.24) is 15.5 Å². The van der Waals surface area contributed by atoms with E-state index in [1.807, 2.05) is 0 Å². The molecule has 0 unspecified atom stereocenters. The van der Waals surface area contributed by atoms with Gasteiger partial charge in [-0.05, 0) is 51.2 Å². The summed E-state index contributed by atoms with van der Waals surface area (Å²) in [5.74, 6) is 0.941. The number of hydrogen-bond acceptors (Lipinski definition) is 3. The smallest absolute Gasteiger partial charge is 0.234 e. The molecule has 0 atom stereocenters. The zero-order valence-electron chi connectivity index (χ0n) is 12.0. The average Bonchev–Trinajstić information content (AvgIpc) is 2.38. The second-order valence-corrected chi connectivity index (χ2v) is 5.28. The van der Waals surface area contributed by atoms with Crippen LogP contribution in [-0.4, -0.2) is 50.1 Å². The first-order chi connectivity index (χ1) is 8.76. The first-order valence-electron chi connectivity index (χ1n) is 7.46. The van der Waals surface area contributed by atoms with Gasteiger partial charge in [0.05, 0.1) is 6.54 Å². The van der Waals surface area contributed by atoms with Gasteiger partial charge in [0.15, 0.2) is 0 Å². The maximum atomic E-state index is 11.8. The molecule has 1 aliphatic heterocycles. The maximum Gasteiger partial charge on any atom is 0.234 e. The van der Waals surface area contributed by atoms with Gasteiger partial charge in [-0.25, -0.2) is 0 Å². The first-order valence-corrected chi connectivity index (χ1v) is 7.46. The zero-order chi connectivity index (χ0) is 13.2. The highest BCUT2D eigenvalue weighted by Gasteiger charge is 2.18. The standard InChI is InChI=1S/C14H29N3O/c1-3-7-16-14(18)12-17(10-4-2)11-13-5-8-15-9-6-13/h13,15H,3-12H2,1-2H3,(H,16,18). The summed E-state index contributed by atoms with van der Waals surface area (Å²) in [5.41, 5.74) is 0. The van der Waals surface area contributed by atoms with Crippen molar-refractivity contribution in [3.8, 4) is 0 Å². The quantitative estimate of drug-likeness (QED) is 0.685. The predicted octanol–water partition coefficient (Wildman–Crippen LogP) is 1.22. The summed E-state index contributed by atoms with van der Waals surface area (Å²) >= 11 is 0. The first kappa shape index (κ1) is 15.4. The molecule has 4 heteroatoms. The van der Waals surface area contributed by atoms with Crippen molar-refractivity contribution in [3.05, 3.63) is 0 Å². The van der Waals surface area contributed by atoms with E-state index in [2.05, 4.69) is 29.4 Å². The molecule has 0 aromatic rings. The fourth-order valence-corrected chi connectivity index (χ4v) is 2.50. The van der Waals surface area contributed by atoms with Gasteiger partial charge in [0, 0.05) is 13.1 Å². The molecule has 1 fully saturated rings. The van der Waals surface area contributed by atoms with E-state index in [0.29, 0.717) is 6.54 Å². The third-order valence-electron chi connectivity index (χ3n) is 3.45. The summed E-state index contributed by atoms with van der Waals surface area (Å²) < 4.78 is 0. The van der Waals surface area contributed by atoms with Crippen LogP contribution in [0.4, 0.5) is 0 Å². The monoisotopic (exact) mass is 255 g/mol. The molecule has 1 saturated heterocycles. The number of rotatable bonds is 8. The third kappa shape index (κ3) is 6.36. The van der Waals surface area contributed by atoms with E-state index in [1.165, 1.54) is 12.8 Å². The lowest BCUT2D eigenvalue weighted by molar-refractivity contribution is -0.122. The van der Waals surface area contributed by atoms with E-state index >= 15 is 0 Å². The maximum absolute atomic E-state index is 11.8. The Morgan fingerprint density at radius 1 is 1.28 bits per heavy atom. The van der Waals surface area contributed by atoms with Crippen molar-refractivity contribution in [2.45, 2.75) is 39.5 Å². The molecule has 2 N–H and O–H groups in total. The van der Waals surface area contributed by atoms with Crippen molar-refractivity contribution < 1.29 is 4.79 Å². The van der Waals surface area contributed by atoms with Crippen LogP contribution in [0.5, 0.6) is 0 Å². The van der Waals surface area contributed by atoms with Crippen LogP contribution in [0.15, 0.2) is 0 Å². The minimum Gasteiger partial charge on any atom is -0.355 e. The number of carbonyl (C=O) groups excluding carboxylic acids is 1. The van der Waals surface area contributed by atoms with Crippen LogP contribution >= 0.6 is 0 Å². The summed E-state index contributed by atoms with van der Waals surface area (Å²) in [6, 6.07) is 0. The molecule has 0 aliphatic carbocycles. The molecule has 1 heterocycles. The molecular formula is C14H29N3O. The second kappa shape index (κ2) is 9.34. The second-order valence-electron chi connectivity index (χ2n) is 5.28. The predicted molar refractivity (Wildman–Crippen MR) is 75.6 cm³/mol. The number of carbonyl (C=O) groups is 1. The lowest BCUT2D eigenvalue weighted by Crippen LogP contribution is -2.42. The molecule has 4 nitrogen and oxygen atoms in total. The van der Waals surface area contributed by atoms with E-state index in [-0.39, 0.29) is 5.91 Å². The van der Waals surface area contributed by atoms with Crippen LogP contribution in [-0.2, 0) is 4.79 Å². The van der Waals surface area contributed by atoms with Gasteiger partial charge >= 0.3 is 0 Å². The number of nitrogens with zero attached hydrogens (tertiary/aromatic N) is 1. The SMILES string of the molecule is CCCNC(=O)CN(CCC)CC1CCNCC1. The molecule has 106 valence electrons. The molecule has 0 spiro atoms. The van der Waals surface area contributed by atoms with Crippen molar-refractivity contribution >= 4 is 5.91 Å². The summed E-state index contributed by atoms with van der Waals surface area (Å²) in [6.45, 7) is 10.0. The zero-order valence-corrected chi connectivity index (χ0v) is 12.0. The Morgan fingerprint density at radius 3 is 2.61 bits per heavy atom. The lowest BCUT2D eigenvalue weighted by Gasteiger charge is -2.29. The molecule has 0 bridgehead atoms. The van der Waals surface area contributed by atoms with Crippen LogP contribution in [0.1, 0.15) is 39.5 Å². The van der Waals surface area contributed by atoms with Crippen molar-refractivity contribution in [2.24, 2.45) is 5.92 Å². The van der Waals surface area contributed by atoms with Gasteiger partial charge in [-0.1, -0.05) is 13.8 Å². The van der Waals surface area contributed by atoms with E-state index in [0.717, 1.165) is 51.5 Å². The van der Waals surface area contributed by atoms with Gasteiger partial charge in [0.1, 0.15) is 0 Å². The average molecular weight is 255 g/mol. The molecule has 0 aromatic carbocycles. The van der Waals surface area contributed by atoms with Gasteiger partial charge in [-0.3, -0.25) is 9.69 Å². The fourth-order valence-electron chi connectivity index (χ4n) is 2.50. The van der Waals surface area contributed by atoms with Crippen LogP contribution in [0.3, 0.4) is 0 Å². The Balaban J connectivity index is 2.30. The summed E-state index contributed by atoms with van der Waals surface area (Å²) in [7, 11) is 0. The minimum absolute atomic E-state index is 0.180. The largest absolute Gasteiger partial charge is 0.355 e. The fraction of sp³-hybridized carbons (Fsp3) is 0.929. The summed E-state index contributed by atoms with van der Waals surface area (Å²) in [4.78, 5) is 14.1. The summed E-state index contributed by atoms with van der Waals surface area (Å²) in [5, 5.41) is 6.36. The highest BCUT2D eigenvalue weighted by Crippen LogP contribution is 2.13. The molecule has 1 rings (SSSR count). The van der Waals surface area contributed by atoms with Gasteiger partial charge < -0.3 is 10.6 Å². The van der Waals surface area contributed by atoms with E-state index in [1.54, 1.807) is 0 Å². The molecule has 1 aliphatic rings. The van der Waals surface area contributed by atoms with Crippen LogP contribution in [0, 0.1) is 5.92 Å². The van der Waals surface area contributed by atoms with E-state index in [9.17, 15) is 4.79 Å². The molecule has 0 saturated carbocycles. The van der Waals surface area contributed by atoms with Crippen LogP contribution in [0.2, 0.25) is 0 Å². The van der Waals surface area contributed by atoms with Gasteiger partial charge in [-0.2, -0.15) is 0 Å². The Hall–Kier alpha value is -0.610. The highest BCUT2D eigenvalue weighted by molar-refractivity contribution is 5.77. The van der Waals surface area contributed by atoms with Crippen LogP contribution < -0.4 is 10.6 Å². The minimum atomic E-state index is 0.180. The highest BCUT2D eigenvalue weighted by atomic mass is 16.2. The Labute approximate surface area is 111 Å². The topological polar surface area (TPSA) is 44.4 Å². The van der Waals surface area contributed by atoms with Gasteiger partial charge in [-0.15, -0.1) is 0 Å². The van der Waals surface area contributed by atoms with Crippen molar-refractivity contribution in [3.63, 3.8) is 0 Å². The number of hydrogen-bond donors (Lipinski definition) is 2. The third-order valence-corrected chi connectivity index (χ3v) is 3.45. The molecule has 0 aromatic heterocycles.